The van der Waals surface area contributed by atoms with Gasteiger partial charge in [-0.2, -0.15) is 0 Å². The summed E-state index contributed by atoms with van der Waals surface area (Å²) in [6, 6.07) is 3.22. The fourth-order valence-corrected chi connectivity index (χ4v) is 1.24. The summed E-state index contributed by atoms with van der Waals surface area (Å²) in [5.74, 6) is 0.497. The minimum atomic E-state index is -0.290. The van der Waals surface area contributed by atoms with Gasteiger partial charge < -0.3 is 0 Å². The van der Waals surface area contributed by atoms with E-state index in [0.29, 0.717) is 5.82 Å². The fourth-order valence-electron chi connectivity index (χ4n) is 1.00. The number of carbonyl (C=O) groups excluding carboxylic acids is 1. The molecular formula is C9H7BrN4O. The molecular weight excluding hydrogens is 260 g/mol. The van der Waals surface area contributed by atoms with Crippen LogP contribution in [0, 0.1) is 0 Å². The molecule has 2 aromatic rings. The first-order chi connectivity index (χ1) is 7.25. The molecule has 0 fully saturated rings. The number of amides is 1. The van der Waals surface area contributed by atoms with E-state index in [0.717, 1.165) is 4.47 Å². The van der Waals surface area contributed by atoms with Crippen LogP contribution in [-0.4, -0.2) is 20.6 Å². The Morgan fingerprint density at radius 2 is 2.33 bits per heavy atom. The van der Waals surface area contributed by atoms with Crippen LogP contribution in [0.4, 0.5) is 10.6 Å². The van der Waals surface area contributed by atoms with Gasteiger partial charge in [0.25, 0.3) is 0 Å². The maximum atomic E-state index is 11.5. The van der Waals surface area contributed by atoms with Crippen LogP contribution >= 0.6 is 15.9 Å². The van der Waals surface area contributed by atoms with Crippen LogP contribution in [0.1, 0.15) is 0 Å². The molecule has 0 aliphatic heterocycles. The first kappa shape index (κ1) is 9.85. The van der Waals surface area contributed by atoms with Gasteiger partial charge in [-0.25, -0.2) is 14.8 Å². The van der Waals surface area contributed by atoms with Gasteiger partial charge in [0.2, 0.25) is 0 Å². The molecule has 5 nitrogen and oxygen atoms in total. The molecule has 0 unspecified atom stereocenters. The summed E-state index contributed by atoms with van der Waals surface area (Å²) in [6.45, 7) is 0. The standard InChI is InChI=1S/C9H7BrN4O/c10-7-1-2-8(12-5-7)13-9(15)14-4-3-11-6-14/h1-6H,(H,12,13,15). The zero-order valence-corrected chi connectivity index (χ0v) is 9.18. The quantitative estimate of drug-likeness (QED) is 0.860. The molecule has 1 amide bonds. The third kappa shape index (κ3) is 2.41. The predicted octanol–water partition coefficient (Wildman–Crippen LogP) is 2.12. The normalized spacial score (nSPS) is 9.93. The molecule has 0 saturated carbocycles. The minimum Gasteiger partial charge on any atom is -0.292 e. The summed E-state index contributed by atoms with van der Waals surface area (Å²) in [5, 5.41) is 2.62. The number of anilines is 1. The van der Waals surface area contributed by atoms with Crippen molar-refractivity contribution >= 4 is 27.8 Å². The lowest BCUT2D eigenvalue weighted by atomic mass is 10.5. The van der Waals surface area contributed by atoms with Gasteiger partial charge in [0.05, 0.1) is 0 Å². The van der Waals surface area contributed by atoms with Crippen molar-refractivity contribution in [2.45, 2.75) is 0 Å². The third-order valence-corrected chi connectivity index (χ3v) is 2.17. The Bertz CT molecular complexity index is 451. The highest BCUT2D eigenvalue weighted by Crippen LogP contribution is 2.10. The van der Waals surface area contributed by atoms with E-state index in [2.05, 4.69) is 31.2 Å². The second-order valence-electron chi connectivity index (χ2n) is 2.76. The van der Waals surface area contributed by atoms with E-state index >= 15 is 0 Å². The molecule has 0 bridgehead atoms. The maximum absolute atomic E-state index is 11.5. The van der Waals surface area contributed by atoms with E-state index in [-0.39, 0.29) is 6.03 Å². The molecule has 1 N–H and O–H groups in total. The molecule has 2 aromatic heterocycles. The minimum absolute atomic E-state index is 0.290. The summed E-state index contributed by atoms with van der Waals surface area (Å²) in [4.78, 5) is 19.3. The largest absolute Gasteiger partial charge is 0.332 e. The zero-order valence-electron chi connectivity index (χ0n) is 7.59. The monoisotopic (exact) mass is 266 g/mol. The Morgan fingerprint density at radius 1 is 1.47 bits per heavy atom. The molecule has 0 saturated heterocycles. The average Bonchev–Trinajstić information content (AvgIpc) is 2.74. The fraction of sp³-hybridized carbons (Fsp3) is 0. The molecule has 0 aliphatic carbocycles. The summed E-state index contributed by atoms with van der Waals surface area (Å²) in [6.07, 6.45) is 6.14. The molecule has 15 heavy (non-hydrogen) atoms. The van der Waals surface area contributed by atoms with E-state index in [1.807, 2.05) is 0 Å². The Hall–Kier alpha value is -1.69. The Labute approximate surface area is 94.3 Å². The number of carbonyl (C=O) groups is 1. The number of hydrogen-bond acceptors (Lipinski definition) is 3. The Morgan fingerprint density at radius 3 is 2.93 bits per heavy atom. The van der Waals surface area contributed by atoms with Gasteiger partial charge in [0.1, 0.15) is 12.1 Å². The molecule has 0 atom stereocenters. The second-order valence-corrected chi connectivity index (χ2v) is 3.68. The summed E-state index contributed by atoms with van der Waals surface area (Å²) in [7, 11) is 0. The Balaban J connectivity index is 2.09. The molecule has 0 aliphatic rings. The summed E-state index contributed by atoms with van der Waals surface area (Å²) >= 11 is 3.26. The van der Waals surface area contributed by atoms with Crippen molar-refractivity contribution in [2.75, 3.05) is 5.32 Å². The van der Waals surface area contributed by atoms with Crippen LogP contribution in [0.25, 0.3) is 0 Å². The van der Waals surface area contributed by atoms with Crippen LogP contribution in [0.3, 0.4) is 0 Å². The molecule has 0 spiro atoms. The van der Waals surface area contributed by atoms with Crippen molar-refractivity contribution in [1.82, 2.24) is 14.5 Å². The Kier molecular flexibility index (Phi) is 2.77. The average molecular weight is 267 g/mol. The highest BCUT2D eigenvalue weighted by Gasteiger charge is 2.03. The number of rotatable bonds is 1. The number of aromatic nitrogens is 3. The van der Waals surface area contributed by atoms with Crippen molar-refractivity contribution < 1.29 is 4.79 Å². The van der Waals surface area contributed by atoms with Crippen LogP contribution in [0.2, 0.25) is 0 Å². The first-order valence-electron chi connectivity index (χ1n) is 4.16. The predicted molar refractivity (Wildman–Crippen MR) is 58.6 cm³/mol. The smallest absolute Gasteiger partial charge is 0.292 e. The van der Waals surface area contributed by atoms with E-state index in [9.17, 15) is 4.79 Å². The summed E-state index contributed by atoms with van der Waals surface area (Å²) in [5.41, 5.74) is 0. The van der Waals surface area contributed by atoms with E-state index < -0.39 is 0 Å². The number of nitrogens with zero attached hydrogens (tertiary/aromatic N) is 3. The highest BCUT2D eigenvalue weighted by molar-refractivity contribution is 9.10. The second kappa shape index (κ2) is 4.22. The van der Waals surface area contributed by atoms with Gasteiger partial charge in [0, 0.05) is 23.1 Å². The number of halogens is 1. The van der Waals surface area contributed by atoms with Crippen LogP contribution in [-0.2, 0) is 0 Å². The maximum Gasteiger partial charge on any atom is 0.332 e. The van der Waals surface area contributed by atoms with E-state index in [1.54, 1.807) is 24.5 Å². The third-order valence-electron chi connectivity index (χ3n) is 1.70. The number of nitrogens with one attached hydrogen (secondary N) is 1. The molecule has 0 aromatic carbocycles. The topological polar surface area (TPSA) is 59.8 Å². The lowest BCUT2D eigenvalue weighted by molar-refractivity contribution is 0.253. The molecule has 2 rings (SSSR count). The van der Waals surface area contributed by atoms with Gasteiger partial charge in [-0.05, 0) is 28.1 Å². The van der Waals surface area contributed by atoms with Crippen LogP contribution in [0.15, 0.2) is 41.5 Å². The first-order valence-corrected chi connectivity index (χ1v) is 4.96. The molecule has 76 valence electrons. The van der Waals surface area contributed by atoms with Crippen molar-refractivity contribution in [1.29, 1.82) is 0 Å². The number of pyridine rings is 1. The number of imidazole rings is 1. The van der Waals surface area contributed by atoms with Gasteiger partial charge in [-0.1, -0.05) is 0 Å². The van der Waals surface area contributed by atoms with E-state index in [1.165, 1.54) is 17.1 Å². The lowest BCUT2D eigenvalue weighted by Gasteiger charge is -2.03. The molecule has 6 heteroatoms. The van der Waals surface area contributed by atoms with Gasteiger partial charge >= 0.3 is 6.03 Å². The summed E-state index contributed by atoms with van der Waals surface area (Å²) < 4.78 is 2.20. The van der Waals surface area contributed by atoms with Crippen molar-refractivity contribution in [3.63, 3.8) is 0 Å². The van der Waals surface area contributed by atoms with Crippen molar-refractivity contribution in [3.05, 3.63) is 41.5 Å². The lowest BCUT2D eigenvalue weighted by Crippen LogP contribution is -2.18. The van der Waals surface area contributed by atoms with Crippen LogP contribution in [0.5, 0.6) is 0 Å². The molecule has 2 heterocycles. The zero-order chi connectivity index (χ0) is 10.7. The van der Waals surface area contributed by atoms with Gasteiger partial charge in [-0.3, -0.25) is 9.88 Å². The van der Waals surface area contributed by atoms with Crippen molar-refractivity contribution in [3.8, 4) is 0 Å². The van der Waals surface area contributed by atoms with Gasteiger partial charge in [0.15, 0.2) is 0 Å². The number of hydrogen-bond donors (Lipinski definition) is 1. The van der Waals surface area contributed by atoms with Crippen molar-refractivity contribution in [2.24, 2.45) is 0 Å². The van der Waals surface area contributed by atoms with E-state index in [4.69, 9.17) is 0 Å². The molecule has 0 radical (unpaired) electrons. The van der Waals surface area contributed by atoms with Gasteiger partial charge in [-0.15, -0.1) is 0 Å². The highest BCUT2D eigenvalue weighted by atomic mass is 79.9. The SMILES string of the molecule is O=C(Nc1ccc(Br)cn1)n1ccnc1. The van der Waals surface area contributed by atoms with Crippen LogP contribution < -0.4 is 5.32 Å².